The average Bonchev–Trinajstić information content (AvgIpc) is 2.49. The summed E-state index contributed by atoms with van der Waals surface area (Å²) < 4.78 is 0. The van der Waals surface area contributed by atoms with Crippen molar-refractivity contribution in [2.75, 3.05) is 0 Å². The van der Waals surface area contributed by atoms with Crippen LogP contribution in [0.5, 0.6) is 0 Å². The van der Waals surface area contributed by atoms with Crippen LogP contribution in [0.15, 0.2) is 29.5 Å². The summed E-state index contributed by atoms with van der Waals surface area (Å²) in [6, 6.07) is 5.63. The highest BCUT2D eigenvalue weighted by molar-refractivity contribution is 5.97. The molecule has 0 bridgehead atoms. The zero-order valence-electron chi connectivity index (χ0n) is 12.6. The van der Waals surface area contributed by atoms with E-state index in [9.17, 15) is 4.79 Å². The van der Waals surface area contributed by atoms with E-state index in [2.05, 4.69) is 22.4 Å². The third-order valence-corrected chi connectivity index (χ3v) is 3.14. The van der Waals surface area contributed by atoms with Crippen molar-refractivity contribution in [1.82, 2.24) is 10.4 Å². The van der Waals surface area contributed by atoms with Gasteiger partial charge in [-0.25, -0.2) is 5.43 Å². The highest BCUT2D eigenvalue weighted by Gasteiger charge is 2.01. The summed E-state index contributed by atoms with van der Waals surface area (Å²) in [5.74, 6) is -0.0178. The molecule has 0 aliphatic heterocycles. The third kappa shape index (κ3) is 7.02. The molecule has 0 aliphatic carbocycles. The van der Waals surface area contributed by atoms with E-state index < -0.39 is 0 Å². The van der Waals surface area contributed by atoms with Gasteiger partial charge in [-0.2, -0.15) is 5.10 Å². The quantitative estimate of drug-likeness (QED) is 0.424. The van der Waals surface area contributed by atoms with E-state index in [1.165, 1.54) is 25.7 Å². The zero-order valence-corrected chi connectivity index (χ0v) is 12.6. The van der Waals surface area contributed by atoms with Gasteiger partial charge < -0.3 is 0 Å². The van der Waals surface area contributed by atoms with Crippen molar-refractivity contribution in [3.63, 3.8) is 0 Å². The number of carbonyl (C=O) groups excluding carboxylic acids is 1. The molecule has 0 spiro atoms. The lowest BCUT2D eigenvalue weighted by Crippen LogP contribution is -2.19. The molecule has 1 heterocycles. The molecule has 1 N–H and O–H groups in total. The SMILES string of the molecule is CCCCCCCCC(=O)N/N=C(\C)c1ccccn1. The Bertz CT molecular complexity index is 415. The number of hydrazone groups is 1. The molecule has 1 aromatic rings. The van der Waals surface area contributed by atoms with Gasteiger partial charge >= 0.3 is 0 Å². The second-order valence-electron chi connectivity index (χ2n) is 4.96. The number of rotatable bonds is 9. The fourth-order valence-corrected chi connectivity index (χ4v) is 1.90. The first-order valence-corrected chi connectivity index (χ1v) is 7.48. The van der Waals surface area contributed by atoms with Gasteiger partial charge in [0.2, 0.25) is 5.91 Å². The fourth-order valence-electron chi connectivity index (χ4n) is 1.90. The number of carbonyl (C=O) groups is 1. The van der Waals surface area contributed by atoms with Crippen molar-refractivity contribution in [3.05, 3.63) is 30.1 Å². The number of amides is 1. The van der Waals surface area contributed by atoms with Crippen LogP contribution >= 0.6 is 0 Å². The molecule has 1 amide bonds. The van der Waals surface area contributed by atoms with Crippen molar-refractivity contribution in [3.8, 4) is 0 Å². The lowest BCUT2D eigenvalue weighted by Gasteiger charge is -2.02. The van der Waals surface area contributed by atoms with Gasteiger partial charge in [-0.15, -0.1) is 0 Å². The number of unbranched alkanes of at least 4 members (excludes halogenated alkanes) is 5. The maximum atomic E-state index is 11.6. The Morgan fingerprint density at radius 1 is 1.20 bits per heavy atom. The Morgan fingerprint density at radius 2 is 1.95 bits per heavy atom. The Balaban J connectivity index is 2.19. The lowest BCUT2D eigenvalue weighted by molar-refractivity contribution is -0.121. The monoisotopic (exact) mass is 275 g/mol. The molecule has 0 radical (unpaired) electrons. The molecular formula is C16H25N3O. The van der Waals surface area contributed by atoms with Crippen LogP contribution in [0.3, 0.4) is 0 Å². The normalized spacial score (nSPS) is 11.4. The van der Waals surface area contributed by atoms with Gasteiger partial charge in [-0.1, -0.05) is 45.1 Å². The van der Waals surface area contributed by atoms with Crippen molar-refractivity contribution < 1.29 is 4.79 Å². The minimum atomic E-state index is -0.0178. The molecular weight excluding hydrogens is 250 g/mol. The molecule has 1 rings (SSSR count). The topological polar surface area (TPSA) is 54.4 Å². The Labute approximate surface area is 121 Å². The second-order valence-corrected chi connectivity index (χ2v) is 4.96. The molecule has 0 saturated heterocycles. The van der Waals surface area contributed by atoms with Crippen LogP contribution in [0.2, 0.25) is 0 Å². The Hall–Kier alpha value is -1.71. The first-order chi connectivity index (χ1) is 9.74. The van der Waals surface area contributed by atoms with Gasteiger partial charge in [-0.05, 0) is 25.5 Å². The van der Waals surface area contributed by atoms with Gasteiger partial charge in [0.1, 0.15) is 0 Å². The van der Waals surface area contributed by atoms with Gasteiger partial charge in [-0.3, -0.25) is 9.78 Å². The largest absolute Gasteiger partial charge is 0.273 e. The number of hydrogen-bond donors (Lipinski definition) is 1. The maximum absolute atomic E-state index is 11.6. The molecule has 0 atom stereocenters. The third-order valence-electron chi connectivity index (χ3n) is 3.14. The molecule has 0 saturated carbocycles. The fraction of sp³-hybridized carbons (Fsp3) is 0.562. The highest BCUT2D eigenvalue weighted by Crippen LogP contribution is 2.06. The smallest absolute Gasteiger partial charge is 0.240 e. The van der Waals surface area contributed by atoms with Gasteiger partial charge in [0.15, 0.2) is 0 Å². The lowest BCUT2D eigenvalue weighted by atomic mass is 10.1. The van der Waals surface area contributed by atoms with Crippen LogP contribution < -0.4 is 5.43 Å². The van der Waals surface area contributed by atoms with Crippen LogP contribution in [0.4, 0.5) is 0 Å². The predicted octanol–water partition coefficient (Wildman–Crippen LogP) is 3.67. The first kappa shape index (κ1) is 16.3. The summed E-state index contributed by atoms with van der Waals surface area (Å²) in [7, 11) is 0. The standard InChI is InChI=1S/C16H25N3O/c1-3-4-5-6-7-8-12-16(20)19-18-14(2)15-11-9-10-13-17-15/h9-11,13H,3-8,12H2,1-2H3,(H,19,20)/b18-14+. The van der Waals surface area contributed by atoms with E-state index in [4.69, 9.17) is 0 Å². The number of nitrogens with one attached hydrogen (secondary N) is 1. The molecule has 20 heavy (non-hydrogen) atoms. The molecule has 4 heteroatoms. The Morgan fingerprint density at radius 3 is 2.65 bits per heavy atom. The van der Waals surface area contributed by atoms with Gasteiger partial charge in [0.05, 0.1) is 11.4 Å². The number of pyridine rings is 1. The van der Waals surface area contributed by atoms with Crippen molar-refractivity contribution in [2.45, 2.75) is 58.8 Å². The van der Waals surface area contributed by atoms with E-state index in [0.717, 1.165) is 24.2 Å². The predicted molar refractivity (Wildman–Crippen MR) is 82.6 cm³/mol. The molecule has 0 aromatic carbocycles. The molecule has 0 aliphatic rings. The zero-order chi connectivity index (χ0) is 14.6. The summed E-state index contributed by atoms with van der Waals surface area (Å²) in [4.78, 5) is 15.8. The van der Waals surface area contributed by atoms with E-state index in [1.807, 2.05) is 25.1 Å². The maximum Gasteiger partial charge on any atom is 0.240 e. The number of aromatic nitrogens is 1. The van der Waals surface area contributed by atoms with E-state index in [-0.39, 0.29) is 5.91 Å². The van der Waals surface area contributed by atoms with Crippen molar-refractivity contribution >= 4 is 11.6 Å². The average molecular weight is 275 g/mol. The first-order valence-electron chi connectivity index (χ1n) is 7.48. The summed E-state index contributed by atoms with van der Waals surface area (Å²) in [5.41, 5.74) is 4.10. The number of hydrogen-bond acceptors (Lipinski definition) is 3. The number of nitrogens with zero attached hydrogens (tertiary/aromatic N) is 2. The summed E-state index contributed by atoms with van der Waals surface area (Å²) in [6.07, 6.45) is 9.36. The minimum Gasteiger partial charge on any atom is -0.273 e. The molecule has 0 fully saturated rings. The van der Waals surface area contributed by atoms with Crippen molar-refractivity contribution in [2.24, 2.45) is 5.10 Å². The van der Waals surface area contributed by atoms with Crippen molar-refractivity contribution in [1.29, 1.82) is 0 Å². The summed E-state index contributed by atoms with van der Waals surface area (Å²) in [5, 5.41) is 4.08. The van der Waals surface area contributed by atoms with Crippen LogP contribution in [-0.2, 0) is 4.79 Å². The second kappa shape index (κ2) is 10.1. The molecule has 0 unspecified atom stereocenters. The van der Waals surface area contributed by atoms with Crippen LogP contribution in [0.25, 0.3) is 0 Å². The highest BCUT2D eigenvalue weighted by atomic mass is 16.2. The molecule has 1 aromatic heterocycles. The van der Waals surface area contributed by atoms with E-state index in [1.54, 1.807) is 6.20 Å². The van der Waals surface area contributed by atoms with E-state index >= 15 is 0 Å². The van der Waals surface area contributed by atoms with Crippen LogP contribution in [0, 0.1) is 0 Å². The van der Waals surface area contributed by atoms with Crippen LogP contribution in [-0.4, -0.2) is 16.6 Å². The summed E-state index contributed by atoms with van der Waals surface area (Å²) >= 11 is 0. The van der Waals surface area contributed by atoms with Crippen LogP contribution in [0.1, 0.15) is 64.5 Å². The minimum absolute atomic E-state index is 0.0178. The Kier molecular flexibility index (Phi) is 8.27. The van der Waals surface area contributed by atoms with Gasteiger partial charge in [0, 0.05) is 12.6 Å². The summed E-state index contributed by atoms with van der Waals surface area (Å²) in [6.45, 7) is 4.04. The van der Waals surface area contributed by atoms with Gasteiger partial charge in [0.25, 0.3) is 0 Å². The van der Waals surface area contributed by atoms with E-state index in [0.29, 0.717) is 6.42 Å². The molecule has 4 nitrogen and oxygen atoms in total. The molecule has 110 valence electrons.